The molecule has 1 saturated heterocycles. The van der Waals surface area contributed by atoms with Crippen molar-refractivity contribution in [3.05, 3.63) is 66.2 Å². The number of H-pyrrole nitrogens is 1. The largest absolute Gasteiger partial charge is 0.494 e. The van der Waals surface area contributed by atoms with Crippen molar-refractivity contribution in [1.82, 2.24) is 29.7 Å². The Morgan fingerprint density at radius 3 is 2.51 bits per heavy atom. The van der Waals surface area contributed by atoms with Crippen LogP contribution in [0.4, 0.5) is 0 Å². The average molecular weight is 501 g/mol. The van der Waals surface area contributed by atoms with E-state index in [0.29, 0.717) is 40.1 Å². The van der Waals surface area contributed by atoms with Gasteiger partial charge in [-0.1, -0.05) is 18.2 Å². The molecule has 0 saturated carbocycles. The van der Waals surface area contributed by atoms with Gasteiger partial charge in [0, 0.05) is 37.4 Å². The molecule has 188 valence electrons. The second-order valence-electron chi connectivity index (χ2n) is 8.68. The molecule has 37 heavy (non-hydrogen) atoms. The summed E-state index contributed by atoms with van der Waals surface area (Å²) < 4.78 is 5.43. The van der Waals surface area contributed by atoms with Gasteiger partial charge < -0.3 is 24.6 Å². The Morgan fingerprint density at radius 2 is 1.84 bits per heavy atom. The molecule has 5 rings (SSSR count). The molecule has 3 aromatic heterocycles. The van der Waals surface area contributed by atoms with E-state index in [-0.39, 0.29) is 36.5 Å². The maximum atomic E-state index is 13.4. The number of hydrogen-bond donors (Lipinski definition) is 2. The SMILES string of the molecule is COc1cnc(-c2cnc(O)cn2)c2[nH]cc(C(=O)C(=O)N3CCN(C(=O)c4ccccc4)[C@H](C)C3)c12. The van der Waals surface area contributed by atoms with Crippen LogP contribution < -0.4 is 4.74 Å². The summed E-state index contributed by atoms with van der Waals surface area (Å²) >= 11 is 0. The van der Waals surface area contributed by atoms with Gasteiger partial charge in [-0.2, -0.15) is 0 Å². The van der Waals surface area contributed by atoms with Crippen LogP contribution in [0.3, 0.4) is 0 Å². The summed E-state index contributed by atoms with van der Waals surface area (Å²) in [6.45, 7) is 2.65. The van der Waals surface area contributed by atoms with Crippen molar-refractivity contribution in [2.75, 3.05) is 26.7 Å². The van der Waals surface area contributed by atoms with Crippen molar-refractivity contribution in [2.45, 2.75) is 13.0 Å². The molecule has 0 aliphatic carbocycles. The molecule has 0 spiro atoms. The van der Waals surface area contributed by atoms with E-state index in [4.69, 9.17) is 4.74 Å². The quantitative estimate of drug-likeness (QED) is 0.314. The Labute approximate surface area is 211 Å². The molecule has 2 amide bonds. The first-order valence-corrected chi connectivity index (χ1v) is 11.6. The van der Waals surface area contributed by atoms with Crippen molar-refractivity contribution in [3.8, 4) is 23.0 Å². The minimum absolute atomic E-state index is 0.106. The van der Waals surface area contributed by atoms with Crippen LogP contribution in [0.5, 0.6) is 11.6 Å². The van der Waals surface area contributed by atoms with Crippen LogP contribution in [0.25, 0.3) is 22.3 Å². The van der Waals surface area contributed by atoms with E-state index >= 15 is 0 Å². The highest BCUT2D eigenvalue weighted by atomic mass is 16.5. The second kappa shape index (κ2) is 9.69. The maximum Gasteiger partial charge on any atom is 0.295 e. The van der Waals surface area contributed by atoms with E-state index in [9.17, 15) is 19.5 Å². The number of aromatic amines is 1. The van der Waals surface area contributed by atoms with Gasteiger partial charge in [-0.25, -0.2) is 15.0 Å². The highest BCUT2D eigenvalue weighted by Crippen LogP contribution is 2.34. The summed E-state index contributed by atoms with van der Waals surface area (Å²) in [5, 5.41) is 9.85. The Kier molecular flexibility index (Phi) is 6.26. The number of pyridine rings is 1. The van der Waals surface area contributed by atoms with Crippen molar-refractivity contribution < 1.29 is 24.2 Å². The van der Waals surface area contributed by atoms with Crippen LogP contribution in [-0.2, 0) is 4.79 Å². The van der Waals surface area contributed by atoms with E-state index < -0.39 is 11.7 Å². The number of rotatable bonds is 5. The third-order valence-electron chi connectivity index (χ3n) is 6.41. The number of amides is 2. The van der Waals surface area contributed by atoms with Crippen LogP contribution in [-0.4, -0.2) is 85.2 Å². The van der Waals surface area contributed by atoms with Gasteiger partial charge in [0.2, 0.25) is 5.88 Å². The topological polar surface area (TPSA) is 142 Å². The lowest BCUT2D eigenvalue weighted by Gasteiger charge is -2.39. The Bertz CT molecular complexity index is 1480. The smallest absolute Gasteiger partial charge is 0.295 e. The number of aromatic nitrogens is 4. The van der Waals surface area contributed by atoms with E-state index in [0.717, 1.165) is 0 Å². The fourth-order valence-corrected chi connectivity index (χ4v) is 4.54. The van der Waals surface area contributed by atoms with Gasteiger partial charge in [0.15, 0.2) is 0 Å². The summed E-state index contributed by atoms with van der Waals surface area (Å²) in [5.41, 5.74) is 1.92. The molecular formula is C26H24N6O5. The molecule has 0 radical (unpaired) electrons. The molecule has 4 heterocycles. The molecular weight excluding hydrogens is 476 g/mol. The molecule has 1 fully saturated rings. The van der Waals surface area contributed by atoms with E-state index in [1.807, 2.05) is 13.0 Å². The van der Waals surface area contributed by atoms with E-state index in [1.54, 1.807) is 29.2 Å². The number of carbonyl (C=O) groups is 3. The summed E-state index contributed by atoms with van der Waals surface area (Å²) in [7, 11) is 1.45. The van der Waals surface area contributed by atoms with Gasteiger partial charge in [0.1, 0.15) is 17.1 Å². The summed E-state index contributed by atoms with van der Waals surface area (Å²) in [4.78, 5) is 58.1. The van der Waals surface area contributed by atoms with Gasteiger partial charge >= 0.3 is 0 Å². The first-order chi connectivity index (χ1) is 17.9. The predicted molar refractivity (Wildman–Crippen MR) is 133 cm³/mol. The minimum Gasteiger partial charge on any atom is -0.494 e. The van der Waals surface area contributed by atoms with E-state index in [1.165, 1.54) is 36.8 Å². The monoisotopic (exact) mass is 500 g/mol. The summed E-state index contributed by atoms with van der Waals surface area (Å²) in [6, 6.07) is 8.71. The second-order valence-corrected chi connectivity index (χ2v) is 8.68. The van der Waals surface area contributed by atoms with Gasteiger partial charge in [-0.15, -0.1) is 0 Å². The third kappa shape index (κ3) is 4.35. The van der Waals surface area contributed by atoms with Crippen molar-refractivity contribution >= 4 is 28.5 Å². The zero-order chi connectivity index (χ0) is 26.1. The van der Waals surface area contributed by atoms with Crippen LogP contribution in [0, 0.1) is 0 Å². The Balaban J connectivity index is 1.40. The number of benzene rings is 1. The fourth-order valence-electron chi connectivity index (χ4n) is 4.54. The summed E-state index contributed by atoms with van der Waals surface area (Å²) in [5.74, 6) is -1.39. The van der Waals surface area contributed by atoms with Gasteiger partial charge in [0.05, 0.1) is 42.2 Å². The number of ether oxygens (including phenoxy) is 1. The lowest BCUT2D eigenvalue weighted by Crippen LogP contribution is -2.56. The van der Waals surface area contributed by atoms with Crippen LogP contribution in [0.2, 0.25) is 0 Å². The van der Waals surface area contributed by atoms with Crippen LogP contribution in [0.15, 0.2) is 55.1 Å². The fraction of sp³-hybridized carbons (Fsp3) is 0.231. The van der Waals surface area contributed by atoms with Gasteiger partial charge in [0.25, 0.3) is 17.6 Å². The van der Waals surface area contributed by atoms with E-state index in [2.05, 4.69) is 19.9 Å². The lowest BCUT2D eigenvalue weighted by atomic mass is 10.1. The zero-order valence-corrected chi connectivity index (χ0v) is 20.2. The average Bonchev–Trinajstić information content (AvgIpc) is 3.38. The molecule has 1 atom stereocenters. The molecule has 0 unspecified atom stereocenters. The van der Waals surface area contributed by atoms with Crippen molar-refractivity contribution in [3.63, 3.8) is 0 Å². The minimum atomic E-state index is -0.700. The number of piperazine rings is 1. The normalized spacial score (nSPS) is 15.6. The first-order valence-electron chi connectivity index (χ1n) is 11.6. The number of nitrogens with one attached hydrogen (secondary N) is 1. The third-order valence-corrected chi connectivity index (χ3v) is 6.41. The highest BCUT2D eigenvalue weighted by Gasteiger charge is 2.34. The molecule has 2 N–H and O–H groups in total. The number of carbonyl (C=O) groups excluding carboxylic acids is 3. The first kappa shape index (κ1) is 23.9. The predicted octanol–water partition coefficient (Wildman–Crippen LogP) is 2.29. The van der Waals surface area contributed by atoms with Crippen LogP contribution in [0.1, 0.15) is 27.6 Å². The molecule has 4 aromatic rings. The molecule has 0 bridgehead atoms. The molecule has 1 aliphatic rings. The molecule has 11 heteroatoms. The Morgan fingerprint density at radius 1 is 1.05 bits per heavy atom. The highest BCUT2D eigenvalue weighted by molar-refractivity contribution is 6.45. The molecule has 1 aliphatic heterocycles. The van der Waals surface area contributed by atoms with Crippen molar-refractivity contribution in [2.24, 2.45) is 0 Å². The molecule has 1 aromatic carbocycles. The number of nitrogens with zero attached hydrogens (tertiary/aromatic N) is 5. The standard InChI is InChI=1S/C26H24N6O5/c1-15-14-31(8-9-32(15)25(35)16-6-4-3-5-7-16)26(36)24(34)17-10-29-23-21(17)19(37-2)12-30-22(23)18-11-28-20(33)13-27-18/h3-7,10-13,15,29H,8-9,14H2,1-2H3,(H,28,33)/t15-/m1/s1. The summed E-state index contributed by atoms with van der Waals surface area (Å²) in [6.07, 6.45) is 5.44. The zero-order valence-electron chi connectivity index (χ0n) is 20.2. The van der Waals surface area contributed by atoms with Crippen LogP contribution >= 0.6 is 0 Å². The molecule has 11 nitrogen and oxygen atoms in total. The Hall–Kier alpha value is -4.80. The number of hydrogen-bond acceptors (Lipinski definition) is 8. The number of aromatic hydroxyl groups is 1. The van der Waals surface area contributed by atoms with Crippen molar-refractivity contribution in [1.29, 1.82) is 0 Å². The number of methoxy groups -OCH3 is 1. The maximum absolute atomic E-state index is 13.4. The van der Waals surface area contributed by atoms with Gasteiger partial charge in [-0.3, -0.25) is 14.4 Å². The number of ketones is 1. The number of Topliss-reactive ketones (excluding diaryl/α,β-unsaturated/α-hetero) is 1. The number of fused-ring (bicyclic) bond motifs is 1. The lowest BCUT2D eigenvalue weighted by molar-refractivity contribution is -0.128. The van der Waals surface area contributed by atoms with Gasteiger partial charge in [-0.05, 0) is 19.1 Å².